The van der Waals surface area contributed by atoms with E-state index in [1.807, 2.05) is 18.7 Å². The summed E-state index contributed by atoms with van der Waals surface area (Å²) in [4.78, 5) is 24.7. The monoisotopic (exact) mass is 198 g/mol. The minimum Gasteiger partial charge on any atom is -0.353 e. The molecule has 0 bridgehead atoms. The summed E-state index contributed by atoms with van der Waals surface area (Å²) in [5, 5.41) is 2.81. The van der Waals surface area contributed by atoms with Crippen LogP contribution in [0.1, 0.15) is 27.2 Å². The first-order valence-electron chi connectivity index (χ1n) is 5.11. The lowest BCUT2D eigenvalue weighted by atomic mass is 10.1. The molecular formula is C10H18N2O2. The molecule has 1 amide bonds. The summed E-state index contributed by atoms with van der Waals surface area (Å²) in [5.41, 5.74) is 0. The zero-order chi connectivity index (χ0) is 10.7. The van der Waals surface area contributed by atoms with Crippen LogP contribution in [-0.4, -0.2) is 41.8 Å². The average molecular weight is 198 g/mol. The van der Waals surface area contributed by atoms with Gasteiger partial charge in [-0.05, 0) is 20.3 Å². The van der Waals surface area contributed by atoms with Gasteiger partial charge in [-0.1, -0.05) is 6.92 Å². The van der Waals surface area contributed by atoms with E-state index < -0.39 is 0 Å². The van der Waals surface area contributed by atoms with Crippen molar-refractivity contribution in [2.24, 2.45) is 0 Å². The first kappa shape index (κ1) is 11.2. The van der Waals surface area contributed by atoms with Crippen molar-refractivity contribution in [3.05, 3.63) is 0 Å². The third kappa shape index (κ3) is 2.12. The molecule has 0 spiro atoms. The Labute approximate surface area is 84.7 Å². The predicted molar refractivity (Wildman–Crippen MR) is 53.9 cm³/mol. The van der Waals surface area contributed by atoms with E-state index >= 15 is 0 Å². The number of hydrogen-bond donors (Lipinski definition) is 1. The predicted octanol–water partition coefficient (Wildman–Crippen LogP) is 0.174. The number of Topliss-reactive ketones (excluding diaryl/α,β-unsaturated/α-hetero) is 1. The van der Waals surface area contributed by atoms with E-state index in [1.165, 1.54) is 0 Å². The van der Waals surface area contributed by atoms with Crippen LogP contribution in [0.15, 0.2) is 0 Å². The van der Waals surface area contributed by atoms with Crippen molar-refractivity contribution in [3.8, 4) is 0 Å². The van der Waals surface area contributed by atoms with Gasteiger partial charge in [-0.15, -0.1) is 0 Å². The first-order chi connectivity index (χ1) is 6.57. The smallest absolute Gasteiger partial charge is 0.237 e. The molecule has 1 saturated heterocycles. The summed E-state index contributed by atoms with van der Waals surface area (Å²) < 4.78 is 0. The second kappa shape index (κ2) is 4.55. The van der Waals surface area contributed by atoms with E-state index in [0.717, 1.165) is 13.0 Å². The zero-order valence-electron chi connectivity index (χ0n) is 9.04. The van der Waals surface area contributed by atoms with E-state index in [1.54, 1.807) is 6.92 Å². The molecule has 14 heavy (non-hydrogen) atoms. The molecular weight excluding hydrogens is 180 g/mol. The van der Waals surface area contributed by atoms with Crippen LogP contribution in [0.4, 0.5) is 0 Å². The summed E-state index contributed by atoms with van der Waals surface area (Å²) in [5.74, 6) is 0.171. The Morgan fingerprint density at radius 1 is 1.71 bits per heavy atom. The summed E-state index contributed by atoms with van der Waals surface area (Å²) in [6.07, 6.45) is 0.753. The molecule has 0 aromatic heterocycles. The van der Waals surface area contributed by atoms with Gasteiger partial charge < -0.3 is 5.32 Å². The lowest BCUT2D eigenvalue weighted by Crippen LogP contribution is -2.58. The second-order valence-electron chi connectivity index (χ2n) is 3.74. The number of hydrogen-bond acceptors (Lipinski definition) is 3. The molecule has 0 aromatic carbocycles. The fraction of sp³-hybridized carbons (Fsp3) is 0.800. The van der Waals surface area contributed by atoms with Crippen molar-refractivity contribution in [1.82, 2.24) is 10.2 Å². The quantitative estimate of drug-likeness (QED) is 0.703. The highest BCUT2D eigenvalue weighted by Gasteiger charge is 2.32. The molecule has 4 heteroatoms. The van der Waals surface area contributed by atoms with Crippen LogP contribution in [0.5, 0.6) is 0 Å². The summed E-state index contributed by atoms with van der Waals surface area (Å²) in [6, 6.07) is -0.284. The zero-order valence-corrected chi connectivity index (χ0v) is 9.04. The van der Waals surface area contributed by atoms with Crippen LogP contribution in [-0.2, 0) is 9.59 Å². The van der Waals surface area contributed by atoms with Gasteiger partial charge in [0.2, 0.25) is 5.91 Å². The second-order valence-corrected chi connectivity index (χ2v) is 3.74. The third-order valence-electron chi connectivity index (χ3n) is 2.84. The molecule has 1 heterocycles. The number of piperazine rings is 1. The molecule has 1 N–H and O–H groups in total. The van der Waals surface area contributed by atoms with Crippen LogP contribution < -0.4 is 5.32 Å². The van der Waals surface area contributed by atoms with Crippen molar-refractivity contribution in [2.75, 3.05) is 13.1 Å². The Bertz CT molecular complexity index is 240. The number of ketones is 1. The summed E-state index contributed by atoms with van der Waals surface area (Å²) >= 11 is 0. The molecule has 2 atom stereocenters. The first-order valence-corrected chi connectivity index (χ1v) is 5.11. The van der Waals surface area contributed by atoms with E-state index in [-0.39, 0.29) is 23.8 Å². The van der Waals surface area contributed by atoms with Gasteiger partial charge in [-0.25, -0.2) is 0 Å². The molecule has 1 aliphatic rings. The normalized spacial score (nSPS) is 25.6. The minimum atomic E-state index is -0.147. The van der Waals surface area contributed by atoms with Crippen LogP contribution in [0.3, 0.4) is 0 Å². The Balaban J connectivity index is 2.74. The molecule has 1 rings (SSSR count). The van der Waals surface area contributed by atoms with Crippen LogP contribution >= 0.6 is 0 Å². The maximum absolute atomic E-state index is 11.5. The summed E-state index contributed by atoms with van der Waals surface area (Å²) in [7, 11) is 0. The molecule has 80 valence electrons. The number of carbonyl (C=O) groups is 2. The molecule has 4 nitrogen and oxygen atoms in total. The Morgan fingerprint density at radius 3 is 2.86 bits per heavy atom. The van der Waals surface area contributed by atoms with Gasteiger partial charge in [0.05, 0.1) is 12.1 Å². The highest BCUT2D eigenvalue weighted by Crippen LogP contribution is 2.12. The average Bonchev–Trinajstić information content (AvgIpc) is 2.16. The summed E-state index contributed by atoms with van der Waals surface area (Å²) in [6.45, 7) is 6.82. The number of nitrogens with zero attached hydrogens (tertiary/aromatic N) is 1. The van der Waals surface area contributed by atoms with Crippen LogP contribution in [0.2, 0.25) is 0 Å². The van der Waals surface area contributed by atoms with Crippen LogP contribution in [0, 0.1) is 0 Å². The van der Waals surface area contributed by atoms with E-state index in [0.29, 0.717) is 6.54 Å². The molecule has 0 aliphatic carbocycles. The molecule has 1 aliphatic heterocycles. The minimum absolute atomic E-state index is 0.0480. The fourth-order valence-corrected chi connectivity index (χ4v) is 1.85. The Hall–Kier alpha value is -0.900. The van der Waals surface area contributed by atoms with Crippen LogP contribution in [0.25, 0.3) is 0 Å². The van der Waals surface area contributed by atoms with E-state index in [2.05, 4.69) is 5.32 Å². The van der Waals surface area contributed by atoms with E-state index in [9.17, 15) is 9.59 Å². The van der Waals surface area contributed by atoms with Gasteiger partial charge in [0.15, 0.2) is 0 Å². The Kier molecular flexibility index (Phi) is 3.63. The lowest BCUT2D eigenvalue weighted by Gasteiger charge is -2.37. The van der Waals surface area contributed by atoms with Crippen molar-refractivity contribution in [1.29, 1.82) is 0 Å². The number of carbonyl (C=O) groups excluding carboxylic acids is 2. The lowest BCUT2D eigenvalue weighted by molar-refractivity contribution is -0.133. The largest absolute Gasteiger partial charge is 0.353 e. The van der Waals surface area contributed by atoms with Crippen molar-refractivity contribution >= 4 is 11.7 Å². The van der Waals surface area contributed by atoms with Crippen molar-refractivity contribution < 1.29 is 9.59 Å². The van der Waals surface area contributed by atoms with Gasteiger partial charge in [0, 0.05) is 13.1 Å². The SMILES string of the molecule is CCC1C(=O)NCCN1C(C)C(C)=O. The Morgan fingerprint density at radius 2 is 2.36 bits per heavy atom. The standard InChI is InChI=1S/C10H18N2O2/c1-4-9-10(14)11-5-6-12(9)7(2)8(3)13/h7,9H,4-6H2,1-3H3,(H,11,14). The number of rotatable bonds is 3. The number of amides is 1. The topological polar surface area (TPSA) is 49.4 Å². The maximum Gasteiger partial charge on any atom is 0.237 e. The van der Waals surface area contributed by atoms with Gasteiger partial charge in [-0.2, -0.15) is 0 Å². The van der Waals surface area contributed by atoms with Crippen molar-refractivity contribution in [2.45, 2.75) is 39.3 Å². The maximum atomic E-state index is 11.5. The highest BCUT2D eigenvalue weighted by atomic mass is 16.2. The molecule has 0 radical (unpaired) electrons. The third-order valence-corrected chi connectivity index (χ3v) is 2.84. The molecule has 0 aromatic rings. The highest BCUT2D eigenvalue weighted by molar-refractivity contribution is 5.85. The van der Waals surface area contributed by atoms with Gasteiger partial charge in [-0.3, -0.25) is 14.5 Å². The molecule has 1 fully saturated rings. The van der Waals surface area contributed by atoms with Gasteiger partial charge in [0.25, 0.3) is 0 Å². The van der Waals surface area contributed by atoms with Crippen molar-refractivity contribution in [3.63, 3.8) is 0 Å². The fourth-order valence-electron chi connectivity index (χ4n) is 1.85. The van der Waals surface area contributed by atoms with Gasteiger partial charge in [0.1, 0.15) is 5.78 Å². The molecule has 2 unspecified atom stereocenters. The van der Waals surface area contributed by atoms with E-state index in [4.69, 9.17) is 0 Å². The number of nitrogens with one attached hydrogen (secondary N) is 1. The van der Waals surface area contributed by atoms with Gasteiger partial charge >= 0.3 is 0 Å². The molecule has 0 saturated carbocycles.